The summed E-state index contributed by atoms with van der Waals surface area (Å²) in [4.78, 5) is 9.99. The van der Waals surface area contributed by atoms with Crippen LogP contribution in [0.4, 0.5) is 5.95 Å². The van der Waals surface area contributed by atoms with E-state index in [2.05, 4.69) is 29.9 Å². The Kier molecular flexibility index (Phi) is 6.22. The number of nitrogens with zero attached hydrogens (tertiary/aromatic N) is 4. The first-order valence-electron chi connectivity index (χ1n) is 10.1. The first-order chi connectivity index (χ1) is 16.0. The number of para-hydroxylation sites is 1. The summed E-state index contributed by atoms with van der Waals surface area (Å²) in [6, 6.07) is 7.65. The van der Waals surface area contributed by atoms with E-state index in [1.807, 2.05) is 0 Å². The highest BCUT2D eigenvalue weighted by Gasteiger charge is 2.33. The van der Waals surface area contributed by atoms with Gasteiger partial charge in [-0.1, -0.05) is 25.1 Å². The van der Waals surface area contributed by atoms with Crippen LogP contribution in [-0.2, 0) is 20.0 Å². The van der Waals surface area contributed by atoms with E-state index in [1.165, 1.54) is 6.07 Å². The number of nitrogens with two attached hydrogens (primary N) is 2. The number of H-pyrrole nitrogens is 1. The third-order valence-electron chi connectivity index (χ3n) is 5.17. The molecule has 1 atom stereocenters. The number of sulfonamides is 2. The molecule has 7 N–H and O–H groups in total. The molecule has 15 heteroatoms. The van der Waals surface area contributed by atoms with Crippen molar-refractivity contribution in [3.63, 3.8) is 0 Å². The summed E-state index contributed by atoms with van der Waals surface area (Å²) in [6.07, 6.45) is -0.662. The van der Waals surface area contributed by atoms with Gasteiger partial charge in [-0.3, -0.25) is 0 Å². The molecule has 0 aliphatic carbocycles. The molecule has 0 spiro atoms. The van der Waals surface area contributed by atoms with Crippen molar-refractivity contribution in [1.82, 2.24) is 14.7 Å². The van der Waals surface area contributed by atoms with Gasteiger partial charge in [0.2, 0.25) is 20.0 Å². The van der Waals surface area contributed by atoms with Gasteiger partial charge in [0.05, 0.1) is 22.7 Å². The van der Waals surface area contributed by atoms with E-state index >= 15 is 0 Å². The number of fused-ring (bicyclic) bond motifs is 1. The van der Waals surface area contributed by atoms with Crippen LogP contribution < -0.4 is 15.6 Å². The lowest BCUT2D eigenvalue weighted by Gasteiger charge is -2.18. The zero-order chi connectivity index (χ0) is 24.7. The molecule has 0 unspecified atom stereocenters. The van der Waals surface area contributed by atoms with Crippen LogP contribution in [-0.4, -0.2) is 57.1 Å². The lowest BCUT2D eigenvalue weighted by atomic mass is 9.97. The molecule has 3 aromatic rings. The zero-order valence-corrected chi connectivity index (χ0v) is 19.6. The van der Waals surface area contributed by atoms with Gasteiger partial charge in [0.25, 0.3) is 0 Å². The molecule has 1 aliphatic rings. The molecule has 0 saturated carbocycles. The minimum absolute atomic E-state index is 0.0592. The number of anilines is 1. The number of aliphatic hydroxyl groups is 1. The van der Waals surface area contributed by atoms with Crippen LogP contribution in [0.1, 0.15) is 18.9 Å². The molecule has 180 valence electrons. The average molecular weight is 507 g/mol. The molecule has 0 radical (unpaired) electrons. The number of primary sulfonamides is 1. The fraction of sp³-hybridized carbons (Fsp3) is 0.263. The average Bonchev–Trinajstić information content (AvgIpc) is 3.44. The lowest BCUT2D eigenvalue weighted by molar-refractivity contribution is 0.174. The number of aromatic amines is 1. The number of rotatable bonds is 8. The smallest absolute Gasteiger partial charge is 0.242 e. The number of imidazole rings is 1. The van der Waals surface area contributed by atoms with Gasteiger partial charge in [-0.15, -0.1) is 5.11 Å². The van der Waals surface area contributed by atoms with Crippen molar-refractivity contribution in [3.8, 4) is 11.1 Å². The van der Waals surface area contributed by atoms with E-state index in [-0.39, 0.29) is 36.1 Å². The molecular formula is C19H22N8O5S2. The minimum Gasteiger partial charge on any atom is -0.392 e. The Morgan fingerprint density at radius 1 is 1.18 bits per heavy atom. The van der Waals surface area contributed by atoms with Crippen molar-refractivity contribution in [3.05, 3.63) is 35.9 Å². The normalized spacial score (nSPS) is 15.1. The highest BCUT2D eigenvalue weighted by atomic mass is 32.2. The molecule has 2 aromatic carbocycles. The van der Waals surface area contributed by atoms with E-state index in [0.717, 1.165) is 6.07 Å². The van der Waals surface area contributed by atoms with Gasteiger partial charge in [-0.25, -0.2) is 36.7 Å². The topological polar surface area (TPSA) is 218 Å². The van der Waals surface area contributed by atoms with Crippen LogP contribution in [0.15, 0.2) is 55.3 Å². The number of nitrogen functional groups attached to an aromatic ring is 1. The van der Waals surface area contributed by atoms with Gasteiger partial charge in [-0.05, 0) is 24.1 Å². The lowest BCUT2D eigenvalue weighted by Crippen LogP contribution is -2.33. The second-order valence-corrected chi connectivity index (χ2v) is 10.7. The molecule has 0 amide bonds. The zero-order valence-electron chi connectivity index (χ0n) is 17.9. The number of aromatic nitrogens is 2. The maximum absolute atomic E-state index is 13.1. The second-order valence-electron chi connectivity index (χ2n) is 7.46. The summed E-state index contributed by atoms with van der Waals surface area (Å²) in [5.41, 5.74) is 7.41. The summed E-state index contributed by atoms with van der Waals surface area (Å²) in [7, 11) is -9.03. The number of azo groups is 1. The van der Waals surface area contributed by atoms with Gasteiger partial charge in [-0.2, -0.15) is 5.11 Å². The monoisotopic (exact) mass is 506 g/mol. The summed E-state index contributed by atoms with van der Waals surface area (Å²) < 4.78 is 54.0. The fourth-order valence-corrected chi connectivity index (χ4v) is 6.23. The Morgan fingerprint density at radius 2 is 1.94 bits per heavy atom. The molecule has 0 fully saturated rings. The highest BCUT2D eigenvalue weighted by molar-refractivity contribution is 7.92. The molecule has 0 bridgehead atoms. The second kappa shape index (κ2) is 8.84. The Balaban J connectivity index is 2.05. The molecule has 4 rings (SSSR count). The fourth-order valence-electron chi connectivity index (χ4n) is 3.56. The molecule has 13 nitrogen and oxygen atoms in total. The van der Waals surface area contributed by atoms with Gasteiger partial charge in [0.1, 0.15) is 9.79 Å². The van der Waals surface area contributed by atoms with E-state index in [4.69, 9.17) is 10.9 Å². The van der Waals surface area contributed by atoms with Crippen molar-refractivity contribution in [2.24, 2.45) is 20.4 Å². The molecule has 1 aliphatic heterocycles. The van der Waals surface area contributed by atoms with E-state index in [9.17, 15) is 21.9 Å². The van der Waals surface area contributed by atoms with Crippen LogP contribution in [0.25, 0.3) is 22.2 Å². The predicted octanol–water partition coefficient (Wildman–Crippen LogP) is 0.679. The summed E-state index contributed by atoms with van der Waals surface area (Å²) in [5, 5.41) is 23.0. The summed E-state index contributed by atoms with van der Waals surface area (Å²) in [5.74, 6) is 0.0524. The van der Waals surface area contributed by atoms with Crippen molar-refractivity contribution in [2.45, 2.75) is 29.2 Å². The van der Waals surface area contributed by atoms with Crippen LogP contribution in [0.3, 0.4) is 0 Å². The Bertz CT molecular complexity index is 1540. The number of aliphatic hydroxyl groups excluding tert-OH is 1. The van der Waals surface area contributed by atoms with Gasteiger partial charge >= 0.3 is 0 Å². The third-order valence-corrected chi connectivity index (χ3v) is 7.76. The Labute approximate surface area is 195 Å². The largest absolute Gasteiger partial charge is 0.392 e. The van der Waals surface area contributed by atoms with Crippen molar-refractivity contribution in [2.75, 3.05) is 18.9 Å². The van der Waals surface area contributed by atoms with Crippen molar-refractivity contribution >= 4 is 42.9 Å². The first kappa shape index (κ1) is 23.9. The van der Waals surface area contributed by atoms with Gasteiger partial charge in [0, 0.05) is 12.1 Å². The van der Waals surface area contributed by atoms with Crippen LogP contribution >= 0.6 is 0 Å². The maximum atomic E-state index is 13.1. The Hall–Kier alpha value is -3.24. The first-order valence-corrected chi connectivity index (χ1v) is 13.1. The number of hydrogen-bond acceptors (Lipinski definition) is 10. The highest BCUT2D eigenvalue weighted by Crippen LogP contribution is 2.37. The van der Waals surface area contributed by atoms with Crippen LogP contribution in [0, 0.1) is 0 Å². The maximum Gasteiger partial charge on any atom is 0.242 e. The van der Waals surface area contributed by atoms with Crippen LogP contribution in [0.5, 0.6) is 0 Å². The molecule has 1 aromatic heterocycles. The molecular weight excluding hydrogens is 484 g/mol. The van der Waals surface area contributed by atoms with E-state index in [1.54, 1.807) is 25.1 Å². The third kappa shape index (κ3) is 4.43. The Morgan fingerprint density at radius 3 is 2.59 bits per heavy atom. The van der Waals surface area contributed by atoms with Crippen LogP contribution in [0.2, 0.25) is 0 Å². The van der Waals surface area contributed by atoms with E-state index in [0.29, 0.717) is 23.0 Å². The molecule has 2 heterocycles. The van der Waals surface area contributed by atoms with E-state index < -0.39 is 35.9 Å². The summed E-state index contributed by atoms with van der Waals surface area (Å²) in [6.45, 7) is 1.30. The quantitative estimate of drug-likeness (QED) is 0.294. The number of amidine groups is 1. The predicted molar refractivity (Wildman–Crippen MR) is 125 cm³/mol. The van der Waals surface area contributed by atoms with Crippen molar-refractivity contribution in [1.29, 1.82) is 0 Å². The number of benzene rings is 2. The SMILES string of the molecule is CC[C@@H](O)CNS(=O)(=O)c1ccc(-c2cccc3[nH]c(N)nc23)c(C2=NCN=N2)c1S(N)(=O)=O. The standard InChI is InChI=1S/C19H22N8O5S2/c1-2-10(28)8-24-34(31,32)14-7-6-11(12-4-3-5-13-16(12)26-19(20)25-13)15(17(14)33(21,29)30)18-22-9-23-27-18/h3-7,10,24,28H,2,8-9H2,1H3,(H3,20,25,26)(H2,21,29,30)/t10-/m1/s1. The van der Waals surface area contributed by atoms with Gasteiger partial charge < -0.3 is 15.8 Å². The van der Waals surface area contributed by atoms with Crippen molar-refractivity contribution < 1.29 is 21.9 Å². The number of aliphatic imine (C=N–C) groups is 1. The number of hydrogen-bond donors (Lipinski definition) is 5. The summed E-state index contributed by atoms with van der Waals surface area (Å²) >= 11 is 0. The molecule has 0 saturated heterocycles. The number of nitrogens with one attached hydrogen (secondary N) is 2. The minimum atomic E-state index is -4.62. The molecule has 34 heavy (non-hydrogen) atoms. The van der Waals surface area contributed by atoms with Gasteiger partial charge in [0.15, 0.2) is 18.5 Å².